The van der Waals surface area contributed by atoms with Crippen molar-refractivity contribution in [3.63, 3.8) is 0 Å². The molecule has 0 saturated heterocycles. The monoisotopic (exact) mass is 345 g/mol. The van der Waals surface area contributed by atoms with Crippen LogP contribution in [0, 0.1) is 6.92 Å². The molecule has 0 fully saturated rings. The van der Waals surface area contributed by atoms with E-state index in [0.717, 1.165) is 21.2 Å². The lowest BCUT2D eigenvalue weighted by Crippen LogP contribution is -2.23. The van der Waals surface area contributed by atoms with Crippen LogP contribution in [0.25, 0.3) is 0 Å². The van der Waals surface area contributed by atoms with Crippen molar-refractivity contribution in [1.29, 1.82) is 0 Å². The fourth-order valence-electron chi connectivity index (χ4n) is 2.61. The summed E-state index contributed by atoms with van der Waals surface area (Å²) in [5, 5.41) is 0. The molecule has 2 aromatic carbocycles. The van der Waals surface area contributed by atoms with E-state index < -0.39 is 0 Å². The van der Waals surface area contributed by atoms with Crippen molar-refractivity contribution in [1.82, 2.24) is 4.90 Å². The van der Waals surface area contributed by atoms with Crippen LogP contribution in [0.5, 0.6) is 0 Å². The standard InChI is InChI=1S/C16H14BrNO.C2H6/c1-11-7-14(17)8-13-10-18(16(19)15(11)13)9-12-5-3-2-4-6-12;1-2/h2-8H,9-10H2,1H3;1-2H3. The van der Waals surface area contributed by atoms with Gasteiger partial charge in [0.25, 0.3) is 5.91 Å². The number of halogens is 1. The van der Waals surface area contributed by atoms with Gasteiger partial charge in [-0.1, -0.05) is 60.1 Å². The normalized spacial score (nSPS) is 12.8. The summed E-state index contributed by atoms with van der Waals surface area (Å²) in [4.78, 5) is 14.3. The van der Waals surface area contributed by atoms with Crippen molar-refractivity contribution in [3.8, 4) is 0 Å². The first-order chi connectivity index (χ1) is 10.1. The van der Waals surface area contributed by atoms with Gasteiger partial charge in [0.05, 0.1) is 0 Å². The summed E-state index contributed by atoms with van der Waals surface area (Å²) in [5.74, 6) is 0.142. The highest BCUT2D eigenvalue weighted by Crippen LogP contribution is 2.30. The summed E-state index contributed by atoms with van der Waals surface area (Å²) in [6, 6.07) is 14.2. The second-order valence-electron chi connectivity index (χ2n) is 4.90. The highest BCUT2D eigenvalue weighted by molar-refractivity contribution is 9.10. The van der Waals surface area contributed by atoms with Crippen LogP contribution in [-0.2, 0) is 13.1 Å². The van der Waals surface area contributed by atoms with E-state index in [1.165, 1.54) is 5.56 Å². The summed E-state index contributed by atoms with van der Waals surface area (Å²) < 4.78 is 1.04. The van der Waals surface area contributed by atoms with E-state index in [9.17, 15) is 4.79 Å². The second kappa shape index (κ2) is 6.90. The lowest BCUT2D eigenvalue weighted by atomic mass is 10.0. The lowest BCUT2D eigenvalue weighted by Gasteiger charge is -2.15. The Labute approximate surface area is 134 Å². The van der Waals surface area contributed by atoms with Gasteiger partial charge in [-0.05, 0) is 35.7 Å². The molecule has 110 valence electrons. The van der Waals surface area contributed by atoms with E-state index in [-0.39, 0.29) is 5.91 Å². The Morgan fingerprint density at radius 2 is 1.81 bits per heavy atom. The van der Waals surface area contributed by atoms with Gasteiger partial charge in [-0.2, -0.15) is 0 Å². The van der Waals surface area contributed by atoms with E-state index in [4.69, 9.17) is 0 Å². The molecule has 2 aromatic rings. The minimum Gasteiger partial charge on any atom is -0.330 e. The number of hydrogen-bond donors (Lipinski definition) is 0. The quantitative estimate of drug-likeness (QED) is 0.754. The molecular weight excluding hydrogens is 326 g/mol. The Morgan fingerprint density at radius 1 is 1.14 bits per heavy atom. The highest BCUT2D eigenvalue weighted by atomic mass is 79.9. The minimum absolute atomic E-state index is 0.142. The fourth-order valence-corrected chi connectivity index (χ4v) is 3.23. The van der Waals surface area contributed by atoms with E-state index in [0.29, 0.717) is 13.1 Å². The zero-order valence-corrected chi connectivity index (χ0v) is 14.3. The number of benzene rings is 2. The van der Waals surface area contributed by atoms with Crippen LogP contribution >= 0.6 is 15.9 Å². The average molecular weight is 346 g/mol. The third kappa shape index (κ3) is 3.35. The fraction of sp³-hybridized carbons (Fsp3) is 0.278. The number of nitrogens with zero attached hydrogens (tertiary/aromatic N) is 1. The molecule has 1 aliphatic heterocycles. The number of fused-ring (bicyclic) bond motifs is 1. The predicted octanol–water partition coefficient (Wildman–Crippen LogP) is 4.94. The Kier molecular flexibility index (Phi) is 5.18. The van der Waals surface area contributed by atoms with Crippen LogP contribution in [0.3, 0.4) is 0 Å². The number of carbonyl (C=O) groups excluding carboxylic acids is 1. The molecule has 0 saturated carbocycles. The van der Waals surface area contributed by atoms with E-state index >= 15 is 0 Å². The maximum Gasteiger partial charge on any atom is 0.255 e. The number of aryl methyl sites for hydroxylation is 1. The summed E-state index contributed by atoms with van der Waals surface area (Å²) in [7, 11) is 0. The highest BCUT2D eigenvalue weighted by Gasteiger charge is 2.29. The van der Waals surface area contributed by atoms with Gasteiger partial charge in [-0.3, -0.25) is 4.79 Å². The van der Waals surface area contributed by atoms with Crippen LogP contribution < -0.4 is 0 Å². The summed E-state index contributed by atoms with van der Waals surface area (Å²) in [6.45, 7) is 7.36. The van der Waals surface area contributed by atoms with Crippen molar-refractivity contribution in [2.75, 3.05) is 0 Å². The van der Waals surface area contributed by atoms with Gasteiger partial charge in [0.1, 0.15) is 0 Å². The van der Waals surface area contributed by atoms with E-state index in [1.807, 2.05) is 56.0 Å². The average Bonchev–Trinajstić information content (AvgIpc) is 2.78. The topological polar surface area (TPSA) is 20.3 Å². The summed E-state index contributed by atoms with van der Waals surface area (Å²) in [6.07, 6.45) is 0. The molecule has 1 amide bonds. The number of carbonyl (C=O) groups is 1. The molecule has 0 radical (unpaired) electrons. The number of amides is 1. The molecule has 0 unspecified atom stereocenters. The third-order valence-electron chi connectivity index (χ3n) is 3.46. The van der Waals surface area contributed by atoms with Crippen molar-refractivity contribution in [3.05, 3.63) is 69.2 Å². The van der Waals surface area contributed by atoms with Crippen molar-refractivity contribution >= 4 is 21.8 Å². The molecule has 2 nitrogen and oxygen atoms in total. The molecule has 3 rings (SSSR count). The minimum atomic E-state index is 0.142. The van der Waals surface area contributed by atoms with Crippen LogP contribution in [0.2, 0.25) is 0 Å². The van der Waals surface area contributed by atoms with Gasteiger partial charge in [-0.25, -0.2) is 0 Å². The zero-order valence-electron chi connectivity index (χ0n) is 12.7. The van der Waals surface area contributed by atoms with Gasteiger partial charge >= 0.3 is 0 Å². The van der Waals surface area contributed by atoms with Crippen LogP contribution in [0.15, 0.2) is 46.9 Å². The maximum absolute atomic E-state index is 12.4. The van der Waals surface area contributed by atoms with E-state index in [2.05, 4.69) is 28.1 Å². The Morgan fingerprint density at radius 3 is 2.48 bits per heavy atom. The molecule has 0 atom stereocenters. The molecule has 0 spiro atoms. The summed E-state index contributed by atoms with van der Waals surface area (Å²) in [5.41, 5.74) is 4.21. The zero-order chi connectivity index (χ0) is 15.4. The Hall–Kier alpha value is -1.61. The van der Waals surface area contributed by atoms with Gasteiger partial charge in [0, 0.05) is 23.1 Å². The molecule has 1 heterocycles. The molecular formula is C18H20BrNO. The van der Waals surface area contributed by atoms with Gasteiger partial charge in [0.15, 0.2) is 0 Å². The molecule has 3 heteroatoms. The van der Waals surface area contributed by atoms with Crippen molar-refractivity contribution in [2.24, 2.45) is 0 Å². The third-order valence-corrected chi connectivity index (χ3v) is 3.92. The SMILES string of the molecule is CC.Cc1cc(Br)cc2c1C(=O)N(Cc1ccccc1)C2. The number of rotatable bonds is 2. The van der Waals surface area contributed by atoms with Gasteiger partial charge in [0.2, 0.25) is 0 Å². The molecule has 0 aromatic heterocycles. The van der Waals surface area contributed by atoms with Crippen LogP contribution in [0.4, 0.5) is 0 Å². The van der Waals surface area contributed by atoms with Crippen molar-refractivity contribution in [2.45, 2.75) is 33.9 Å². The largest absolute Gasteiger partial charge is 0.330 e. The number of hydrogen-bond acceptors (Lipinski definition) is 1. The molecule has 0 bridgehead atoms. The second-order valence-corrected chi connectivity index (χ2v) is 5.82. The molecule has 0 N–H and O–H groups in total. The Bertz CT molecular complexity index is 637. The smallest absolute Gasteiger partial charge is 0.255 e. The molecule has 21 heavy (non-hydrogen) atoms. The first-order valence-electron chi connectivity index (χ1n) is 7.27. The van der Waals surface area contributed by atoms with Crippen molar-refractivity contribution < 1.29 is 4.79 Å². The first-order valence-corrected chi connectivity index (χ1v) is 8.06. The predicted molar refractivity (Wildman–Crippen MR) is 90.2 cm³/mol. The first kappa shape index (κ1) is 15.8. The molecule has 0 aliphatic carbocycles. The van der Waals surface area contributed by atoms with Gasteiger partial charge in [-0.15, -0.1) is 0 Å². The van der Waals surface area contributed by atoms with E-state index in [1.54, 1.807) is 0 Å². The van der Waals surface area contributed by atoms with Gasteiger partial charge < -0.3 is 4.90 Å². The summed E-state index contributed by atoms with van der Waals surface area (Å²) >= 11 is 3.49. The molecule has 1 aliphatic rings. The lowest BCUT2D eigenvalue weighted by molar-refractivity contribution is 0.0766. The van der Waals surface area contributed by atoms with Crippen LogP contribution in [-0.4, -0.2) is 10.8 Å². The maximum atomic E-state index is 12.4. The van der Waals surface area contributed by atoms with Crippen LogP contribution in [0.1, 0.15) is 40.9 Å². The Balaban J connectivity index is 0.000000774.